The van der Waals surface area contributed by atoms with E-state index in [-0.39, 0.29) is 0 Å². The smallest absolute Gasteiger partial charge is 0.216 e. The molecular weight excluding hydrogens is 148 g/mol. The molecule has 0 aliphatic carbocycles. The van der Waals surface area contributed by atoms with E-state index >= 15 is 0 Å². The van der Waals surface area contributed by atoms with Crippen molar-refractivity contribution in [3.63, 3.8) is 0 Å². The predicted molar refractivity (Wildman–Crippen MR) is 42.0 cm³/mol. The number of methoxy groups -OCH3 is 1. The van der Waals surface area contributed by atoms with Gasteiger partial charge in [-0.05, 0) is 18.4 Å². The minimum atomic E-state index is 0.691. The van der Waals surface area contributed by atoms with Gasteiger partial charge in [0.2, 0.25) is 5.06 Å². The summed E-state index contributed by atoms with van der Waals surface area (Å²) in [6, 6.07) is 1.90. The average molecular weight is 158 g/mol. The van der Waals surface area contributed by atoms with Crippen LogP contribution in [0.1, 0.15) is 6.92 Å². The Morgan fingerprint density at radius 2 is 2.40 bits per heavy atom. The Kier molecular flexibility index (Phi) is 2.57. The normalized spacial score (nSPS) is 9.40. The van der Waals surface area contributed by atoms with Gasteiger partial charge in [-0.15, -0.1) is 11.3 Å². The zero-order valence-electron chi connectivity index (χ0n) is 6.09. The van der Waals surface area contributed by atoms with Crippen LogP contribution in [0.15, 0.2) is 11.4 Å². The summed E-state index contributed by atoms with van der Waals surface area (Å²) < 4.78 is 10.3. The van der Waals surface area contributed by atoms with E-state index in [1.54, 1.807) is 18.4 Å². The number of thiophene rings is 1. The summed E-state index contributed by atoms with van der Waals surface area (Å²) >= 11 is 1.55. The number of rotatable bonds is 3. The van der Waals surface area contributed by atoms with Crippen LogP contribution in [-0.4, -0.2) is 13.7 Å². The van der Waals surface area contributed by atoms with Gasteiger partial charge < -0.3 is 9.47 Å². The summed E-state index contributed by atoms with van der Waals surface area (Å²) in [6.07, 6.45) is 0. The maximum Gasteiger partial charge on any atom is 0.216 e. The lowest BCUT2D eigenvalue weighted by atomic mass is 10.6. The quantitative estimate of drug-likeness (QED) is 0.671. The fourth-order valence-corrected chi connectivity index (χ4v) is 1.44. The third-order valence-electron chi connectivity index (χ3n) is 1.09. The molecule has 0 atom stereocenters. The molecule has 0 aromatic carbocycles. The second kappa shape index (κ2) is 3.46. The lowest BCUT2D eigenvalue weighted by Gasteiger charge is -2.01. The van der Waals surface area contributed by atoms with Crippen LogP contribution in [-0.2, 0) is 0 Å². The van der Waals surface area contributed by atoms with Crippen molar-refractivity contribution in [1.29, 1.82) is 0 Å². The fraction of sp³-hybridized carbons (Fsp3) is 0.429. The van der Waals surface area contributed by atoms with Crippen LogP contribution < -0.4 is 9.47 Å². The molecule has 0 amide bonds. The van der Waals surface area contributed by atoms with Crippen LogP contribution >= 0.6 is 11.3 Å². The van der Waals surface area contributed by atoms with E-state index in [1.807, 2.05) is 18.4 Å². The van der Waals surface area contributed by atoms with Crippen molar-refractivity contribution in [3.8, 4) is 10.8 Å². The highest BCUT2D eigenvalue weighted by molar-refractivity contribution is 7.12. The molecule has 0 saturated heterocycles. The maximum absolute atomic E-state index is 5.26. The third kappa shape index (κ3) is 1.42. The van der Waals surface area contributed by atoms with Crippen LogP contribution in [0.3, 0.4) is 0 Å². The highest BCUT2D eigenvalue weighted by atomic mass is 32.1. The lowest BCUT2D eigenvalue weighted by Crippen LogP contribution is -1.90. The standard InChI is InChI=1S/C7H10O2S/c1-3-9-7-6(8-2)4-5-10-7/h4-5H,3H2,1-2H3. The molecule has 2 nitrogen and oxygen atoms in total. The van der Waals surface area contributed by atoms with Crippen molar-refractivity contribution in [1.82, 2.24) is 0 Å². The summed E-state index contributed by atoms with van der Waals surface area (Å²) in [4.78, 5) is 0. The van der Waals surface area contributed by atoms with Crippen LogP contribution in [0, 0.1) is 0 Å². The van der Waals surface area contributed by atoms with Gasteiger partial charge in [0.25, 0.3) is 0 Å². The van der Waals surface area contributed by atoms with E-state index in [2.05, 4.69) is 0 Å². The molecule has 0 N–H and O–H groups in total. The Bertz CT molecular complexity index is 195. The van der Waals surface area contributed by atoms with E-state index in [4.69, 9.17) is 9.47 Å². The zero-order chi connectivity index (χ0) is 7.40. The molecule has 0 unspecified atom stereocenters. The Hall–Kier alpha value is -0.700. The van der Waals surface area contributed by atoms with Crippen molar-refractivity contribution in [2.75, 3.05) is 13.7 Å². The van der Waals surface area contributed by atoms with Gasteiger partial charge in [-0.3, -0.25) is 0 Å². The topological polar surface area (TPSA) is 18.5 Å². The molecule has 1 aromatic rings. The van der Waals surface area contributed by atoms with Gasteiger partial charge in [-0.25, -0.2) is 0 Å². The van der Waals surface area contributed by atoms with Gasteiger partial charge in [0, 0.05) is 0 Å². The molecule has 0 spiro atoms. The molecule has 0 aliphatic heterocycles. The number of hydrogen-bond donors (Lipinski definition) is 0. The second-order valence-electron chi connectivity index (χ2n) is 1.71. The molecule has 0 radical (unpaired) electrons. The van der Waals surface area contributed by atoms with Crippen molar-refractivity contribution >= 4 is 11.3 Å². The van der Waals surface area contributed by atoms with Gasteiger partial charge in [0.1, 0.15) is 0 Å². The van der Waals surface area contributed by atoms with Crippen LogP contribution in [0.5, 0.6) is 10.8 Å². The zero-order valence-corrected chi connectivity index (χ0v) is 6.90. The maximum atomic E-state index is 5.26. The van der Waals surface area contributed by atoms with E-state index in [0.717, 1.165) is 10.8 Å². The van der Waals surface area contributed by atoms with Gasteiger partial charge in [-0.1, -0.05) is 0 Å². The van der Waals surface area contributed by atoms with Crippen molar-refractivity contribution in [3.05, 3.63) is 11.4 Å². The first-order chi connectivity index (χ1) is 4.88. The largest absolute Gasteiger partial charge is 0.492 e. The first-order valence-electron chi connectivity index (χ1n) is 3.12. The first-order valence-corrected chi connectivity index (χ1v) is 4.00. The van der Waals surface area contributed by atoms with Crippen molar-refractivity contribution < 1.29 is 9.47 Å². The van der Waals surface area contributed by atoms with Crippen molar-refractivity contribution in [2.45, 2.75) is 6.92 Å². The summed E-state index contributed by atoms with van der Waals surface area (Å²) in [6.45, 7) is 2.65. The number of hydrogen-bond acceptors (Lipinski definition) is 3. The van der Waals surface area contributed by atoms with Gasteiger partial charge in [0.05, 0.1) is 13.7 Å². The summed E-state index contributed by atoms with van der Waals surface area (Å²) in [5.41, 5.74) is 0. The minimum Gasteiger partial charge on any atom is -0.492 e. The molecule has 1 heterocycles. The molecule has 0 aliphatic rings. The molecule has 1 aromatic heterocycles. The van der Waals surface area contributed by atoms with Crippen LogP contribution in [0.25, 0.3) is 0 Å². The van der Waals surface area contributed by atoms with Crippen molar-refractivity contribution in [2.24, 2.45) is 0 Å². The Labute approximate surface area is 64.4 Å². The SMILES string of the molecule is CCOc1sccc1OC. The van der Waals surface area contributed by atoms with Gasteiger partial charge >= 0.3 is 0 Å². The first kappa shape index (κ1) is 7.41. The van der Waals surface area contributed by atoms with Gasteiger partial charge in [0.15, 0.2) is 5.75 Å². The van der Waals surface area contributed by atoms with Gasteiger partial charge in [-0.2, -0.15) is 0 Å². The highest BCUT2D eigenvalue weighted by Crippen LogP contribution is 2.32. The fourth-order valence-electron chi connectivity index (χ4n) is 0.671. The Balaban J connectivity index is 2.70. The van der Waals surface area contributed by atoms with Crippen LogP contribution in [0.4, 0.5) is 0 Å². The minimum absolute atomic E-state index is 0.691. The molecule has 3 heteroatoms. The molecule has 0 saturated carbocycles. The predicted octanol–water partition coefficient (Wildman–Crippen LogP) is 2.16. The Morgan fingerprint density at radius 3 is 3.00 bits per heavy atom. The molecule has 0 bridgehead atoms. The summed E-state index contributed by atoms with van der Waals surface area (Å²) in [7, 11) is 1.64. The highest BCUT2D eigenvalue weighted by Gasteiger charge is 2.02. The van der Waals surface area contributed by atoms with Crippen LogP contribution in [0.2, 0.25) is 0 Å². The molecule has 56 valence electrons. The summed E-state index contributed by atoms with van der Waals surface area (Å²) in [5, 5.41) is 2.81. The molecule has 10 heavy (non-hydrogen) atoms. The number of ether oxygens (including phenoxy) is 2. The molecule has 0 fully saturated rings. The third-order valence-corrected chi connectivity index (χ3v) is 1.90. The van der Waals surface area contributed by atoms with E-state index in [1.165, 1.54) is 0 Å². The monoisotopic (exact) mass is 158 g/mol. The van der Waals surface area contributed by atoms with E-state index in [0.29, 0.717) is 6.61 Å². The Morgan fingerprint density at radius 1 is 1.60 bits per heavy atom. The molecular formula is C7H10O2S. The van der Waals surface area contributed by atoms with E-state index in [9.17, 15) is 0 Å². The molecule has 1 rings (SSSR count). The lowest BCUT2D eigenvalue weighted by molar-refractivity contribution is 0.321. The van der Waals surface area contributed by atoms with E-state index < -0.39 is 0 Å². The summed E-state index contributed by atoms with van der Waals surface area (Å²) in [5.74, 6) is 0.826. The average Bonchev–Trinajstić information content (AvgIpc) is 2.36. The second-order valence-corrected chi connectivity index (χ2v) is 2.59.